The molecule has 7 nitrogen and oxygen atoms in total. The van der Waals surface area contributed by atoms with Crippen molar-refractivity contribution < 1.29 is 19.1 Å². The van der Waals surface area contributed by atoms with Gasteiger partial charge in [-0.3, -0.25) is 14.6 Å². The third kappa shape index (κ3) is 3.48. The lowest BCUT2D eigenvalue weighted by atomic mass is 9.83. The van der Waals surface area contributed by atoms with E-state index in [0.717, 1.165) is 55.2 Å². The van der Waals surface area contributed by atoms with Crippen molar-refractivity contribution in [1.82, 2.24) is 15.0 Å². The molecule has 2 saturated carbocycles. The molecule has 146 valence electrons. The van der Waals surface area contributed by atoms with Gasteiger partial charge in [-0.2, -0.15) is 0 Å². The second-order valence-corrected chi connectivity index (χ2v) is 7.76. The summed E-state index contributed by atoms with van der Waals surface area (Å²) in [4.78, 5) is 35.6. The van der Waals surface area contributed by atoms with E-state index in [1.54, 1.807) is 18.6 Å². The zero-order chi connectivity index (χ0) is 19.7. The van der Waals surface area contributed by atoms with Crippen molar-refractivity contribution >= 4 is 12.3 Å². The maximum Gasteiger partial charge on any atom is 0.316 e. The van der Waals surface area contributed by atoms with E-state index >= 15 is 0 Å². The average molecular weight is 381 g/mol. The van der Waals surface area contributed by atoms with E-state index in [-0.39, 0.29) is 23.4 Å². The van der Waals surface area contributed by atoms with Crippen LogP contribution in [0.15, 0.2) is 24.7 Å². The van der Waals surface area contributed by atoms with Crippen LogP contribution < -0.4 is 4.74 Å². The Bertz CT molecular complexity index is 889. The lowest BCUT2D eigenvalue weighted by molar-refractivity contribution is -0.143. The number of nitrogens with zero attached hydrogens (tertiary/aromatic N) is 3. The normalized spacial score (nSPS) is 25.9. The van der Waals surface area contributed by atoms with Crippen LogP contribution in [-0.2, 0) is 9.53 Å². The summed E-state index contributed by atoms with van der Waals surface area (Å²) in [6.45, 7) is 1.87. The molecule has 0 aliphatic heterocycles. The molecule has 2 fully saturated rings. The fraction of sp³-hybridized carbons (Fsp3) is 0.476. The van der Waals surface area contributed by atoms with Crippen LogP contribution in [-0.4, -0.2) is 40.4 Å². The van der Waals surface area contributed by atoms with Crippen molar-refractivity contribution in [2.24, 2.45) is 11.3 Å². The standard InChI is InChI=1S/C21H23N3O4/c1-13-7-18(22-11-15(13)12-25)14-9-23-20(24-10-14)28-16-3-5-21(6-4-16)8-17(21)19(26)27-2/h7,9-12,16-17H,3-6,8H2,1-2H3/t16?,17-,21?/m0/s1. The van der Waals surface area contributed by atoms with Gasteiger partial charge in [0.25, 0.3) is 0 Å². The first-order chi connectivity index (χ1) is 13.5. The zero-order valence-electron chi connectivity index (χ0n) is 16.1. The van der Waals surface area contributed by atoms with E-state index in [1.165, 1.54) is 7.11 Å². The first kappa shape index (κ1) is 18.5. The molecule has 28 heavy (non-hydrogen) atoms. The Kier molecular flexibility index (Phi) is 4.83. The fourth-order valence-electron chi connectivity index (χ4n) is 4.17. The molecule has 2 aromatic heterocycles. The number of rotatable bonds is 5. The van der Waals surface area contributed by atoms with Crippen molar-refractivity contribution in [2.45, 2.75) is 45.1 Å². The smallest absolute Gasteiger partial charge is 0.316 e. The number of methoxy groups -OCH3 is 1. The number of hydrogen-bond acceptors (Lipinski definition) is 7. The van der Waals surface area contributed by atoms with Crippen molar-refractivity contribution in [3.63, 3.8) is 0 Å². The Labute approximate surface area is 163 Å². The molecule has 2 aromatic rings. The monoisotopic (exact) mass is 381 g/mol. The number of hydrogen-bond donors (Lipinski definition) is 0. The molecule has 2 aliphatic carbocycles. The average Bonchev–Trinajstić information content (AvgIpc) is 3.43. The molecule has 0 amide bonds. The number of ether oxygens (including phenoxy) is 2. The summed E-state index contributed by atoms with van der Waals surface area (Å²) in [5.41, 5.74) is 3.06. The fourth-order valence-corrected chi connectivity index (χ4v) is 4.17. The Hall–Kier alpha value is -2.83. The molecule has 4 rings (SSSR count). The summed E-state index contributed by atoms with van der Waals surface area (Å²) >= 11 is 0. The number of aldehydes is 1. The van der Waals surface area contributed by atoms with Gasteiger partial charge in [0.1, 0.15) is 6.10 Å². The molecule has 0 saturated heterocycles. The van der Waals surface area contributed by atoms with Crippen molar-refractivity contribution in [3.05, 3.63) is 35.8 Å². The van der Waals surface area contributed by atoms with E-state index in [1.807, 2.05) is 13.0 Å². The summed E-state index contributed by atoms with van der Waals surface area (Å²) in [6.07, 6.45) is 10.5. The van der Waals surface area contributed by atoms with Gasteiger partial charge in [-0.05, 0) is 56.1 Å². The van der Waals surface area contributed by atoms with E-state index in [0.29, 0.717) is 11.6 Å². The van der Waals surface area contributed by atoms with Crippen LogP contribution in [0.4, 0.5) is 0 Å². The largest absolute Gasteiger partial charge is 0.469 e. The van der Waals surface area contributed by atoms with Gasteiger partial charge in [0.2, 0.25) is 0 Å². The Morgan fingerprint density at radius 3 is 2.50 bits per heavy atom. The van der Waals surface area contributed by atoms with Crippen LogP contribution in [0.25, 0.3) is 11.3 Å². The van der Waals surface area contributed by atoms with Gasteiger partial charge < -0.3 is 9.47 Å². The predicted molar refractivity (Wildman–Crippen MR) is 101 cm³/mol. The molecule has 2 aliphatic rings. The Balaban J connectivity index is 1.35. The molecule has 0 unspecified atom stereocenters. The van der Waals surface area contributed by atoms with Gasteiger partial charge in [-0.15, -0.1) is 0 Å². The van der Waals surface area contributed by atoms with Crippen molar-refractivity contribution in [3.8, 4) is 17.3 Å². The minimum absolute atomic E-state index is 0.0653. The maximum atomic E-state index is 11.7. The highest BCUT2D eigenvalue weighted by Crippen LogP contribution is 2.61. The topological polar surface area (TPSA) is 91.3 Å². The molecule has 1 atom stereocenters. The molecule has 0 N–H and O–H groups in total. The molecule has 7 heteroatoms. The van der Waals surface area contributed by atoms with Crippen LogP contribution >= 0.6 is 0 Å². The third-order valence-corrected chi connectivity index (χ3v) is 6.08. The number of carbonyl (C=O) groups excluding carboxylic acids is 2. The van der Waals surface area contributed by atoms with Crippen molar-refractivity contribution in [2.75, 3.05) is 7.11 Å². The minimum Gasteiger partial charge on any atom is -0.469 e. The molecule has 0 bridgehead atoms. The summed E-state index contributed by atoms with van der Waals surface area (Å²) in [5.74, 6) is -0.0149. The summed E-state index contributed by atoms with van der Waals surface area (Å²) < 4.78 is 10.8. The number of aromatic nitrogens is 3. The zero-order valence-corrected chi connectivity index (χ0v) is 16.1. The highest BCUT2D eigenvalue weighted by molar-refractivity contribution is 5.78. The number of esters is 1. The summed E-state index contributed by atoms with van der Waals surface area (Å²) in [6, 6.07) is 2.20. The maximum absolute atomic E-state index is 11.7. The molecular formula is C21H23N3O4. The highest BCUT2D eigenvalue weighted by Gasteiger charge is 2.59. The third-order valence-electron chi connectivity index (χ3n) is 6.08. The SMILES string of the molecule is COC(=O)[C@@H]1CC12CCC(Oc1ncc(-c3cc(C)c(C=O)cn3)cn1)CC2. The van der Waals surface area contributed by atoms with Gasteiger partial charge in [0.15, 0.2) is 6.29 Å². The predicted octanol–water partition coefficient (Wildman–Crippen LogP) is 3.16. The molecule has 0 radical (unpaired) electrons. The second-order valence-electron chi connectivity index (χ2n) is 7.76. The van der Waals surface area contributed by atoms with Crippen LogP contribution in [0.5, 0.6) is 6.01 Å². The van der Waals surface area contributed by atoms with Gasteiger partial charge in [0, 0.05) is 29.7 Å². The van der Waals surface area contributed by atoms with Gasteiger partial charge >= 0.3 is 12.0 Å². The quantitative estimate of drug-likeness (QED) is 0.580. The Morgan fingerprint density at radius 2 is 1.89 bits per heavy atom. The summed E-state index contributed by atoms with van der Waals surface area (Å²) in [7, 11) is 1.46. The molecule has 1 spiro atoms. The summed E-state index contributed by atoms with van der Waals surface area (Å²) in [5, 5.41) is 0. The van der Waals surface area contributed by atoms with Crippen LogP contribution in [0, 0.1) is 18.3 Å². The van der Waals surface area contributed by atoms with Gasteiger partial charge in [-0.1, -0.05) is 0 Å². The van der Waals surface area contributed by atoms with Gasteiger partial charge in [0.05, 0.1) is 18.7 Å². The number of pyridine rings is 1. The first-order valence-electron chi connectivity index (χ1n) is 9.53. The van der Waals surface area contributed by atoms with Crippen LogP contribution in [0.1, 0.15) is 48.0 Å². The van der Waals surface area contributed by atoms with E-state index < -0.39 is 0 Å². The van der Waals surface area contributed by atoms with Crippen LogP contribution in [0.2, 0.25) is 0 Å². The number of aryl methyl sites for hydroxylation is 1. The van der Waals surface area contributed by atoms with E-state index in [2.05, 4.69) is 15.0 Å². The lowest BCUT2D eigenvalue weighted by Crippen LogP contribution is -2.27. The first-order valence-corrected chi connectivity index (χ1v) is 9.53. The van der Waals surface area contributed by atoms with Crippen LogP contribution in [0.3, 0.4) is 0 Å². The molecule has 0 aromatic carbocycles. The minimum atomic E-state index is -0.0803. The molecule has 2 heterocycles. The lowest BCUT2D eigenvalue weighted by Gasteiger charge is -2.28. The molecular weight excluding hydrogens is 358 g/mol. The number of carbonyl (C=O) groups is 2. The van der Waals surface area contributed by atoms with E-state index in [4.69, 9.17) is 9.47 Å². The van der Waals surface area contributed by atoms with Gasteiger partial charge in [-0.25, -0.2) is 9.97 Å². The second kappa shape index (κ2) is 7.30. The Morgan fingerprint density at radius 1 is 1.18 bits per heavy atom. The van der Waals surface area contributed by atoms with E-state index in [9.17, 15) is 9.59 Å². The highest BCUT2D eigenvalue weighted by atomic mass is 16.5. The van der Waals surface area contributed by atoms with Crippen molar-refractivity contribution in [1.29, 1.82) is 0 Å².